The van der Waals surface area contributed by atoms with Crippen molar-refractivity contribution in [2.75, 3.05) is 6.61 Å². The second-order valence-electron chi connectivity index (χ2n) is 2.15. The summed E-state index contributed by atoms with van der Waals surface area (Å²) in [5, 5.41) is 16.7. The lowest BCUT2D eigenvalue weighted by atomic mass is 10.5. The van der Waals surface area contributed by atoms with Crippen molar-refractivity contribution in [3.05, 3.63) is 12.7 Å². The number of carbonyl (C=O) groups is 2. The van der Waals surface area contributed by atoms with Crippen LogP contribution in [0, 0.1) is 0 Å². The van der Waals surface area contributed by atoms with Crippen LogP contribution in [0.2, 0.25) is 0 Å². The van der Waals surface area contributed by atoms with Crippen LogP contribution in [0.5, 0.6) is 0 Å². The Balaban J connectivity index is 0. The number of hydrogen-bond donors (Lipinski definition) is 0. The van der Waals surface area contributed by atoms with Crippen LogP contribution in [-0.4, -0.2) is 25.0 Å². The van der Waals surface area contributed by atoms with Crippen LogP contribution in [0.3, 0.4) is 0 Å². The molecule has 0 saturated carbocycles. The van der Waals surface area contributed by atoms with Crippen LogP contribution in [-0.2, 0) is 9.47 Å². The van der Waals surface area contributed by atoms with Crippen molar-refractivity contribution >= 4 is 12.3 Å². The minimum Gasteiger partial charge on any atom is -0.652 e. The zero-order valence-corrected chi connectivity index (χ0v) is 8.02. The van der Waals surface area contributed by atoms with Crippen molar-refractivity contribution in [3.63, 3.8) is 0 Å². The van der Waals surface area contributed by atoms with Gasteiger partial charge in [0.2, 0.25) is 0 Å². The molecule has 0 aromatic heterocycles. The summed E-state index contributed by atoms with van der Waals surface area (Å²) in [5.41, 5.74) is 0. The smallest absolute Gasteiger partial charge is 0.508 e. The first-order valence-corrected chi connectivity index (χ1v) is 3.72. The van der Waals surface area contributed by atoms with E-state index in [4.69, 9.17) is 15.0 Å². The molecule has 1 saturated heterocycles. The molecule has 1 heterocycles. The molecular formula is C8H12O6-2. The Labute approximate surface area is 81.7 Å². The van der Waals surface area contributed by atoms with Gasteiger partial charge in [-0.15, -0.1) is 6.58 Å². The van der Waals surface area contributed by atoms with Gasteiger partial charge in [-0.2, -0.15) is 0 Å². The van der Waals surface area contributed by atoms with E-state index in [0.717, 1.165) is 0 Å². The van der Waals surface area contributed by atoms with Crippen molar-refractivity contribution in [1.82, 2.24) is 0 Å². The van der Waals surface area contributed by atoms with Crippen LogP contribution < -0.4 is 10.2 Å². The Hall–Kier alpha value is -1.72. The number of ether oxygens (including phenoxy) is 2. The largest absolute Gasteiger partial charge is 0.652 e. The Kier molecular flexibility index (Phi) is 9.89. The van der Waals surface area contributed by atoms with Gasteiger partial charge in [-0.25, -0.2) is 4.79 Å². The molecule has 0 aliphatic carbocycles. The summed E-state index contributed by atoms with van der Waals surface area (Å²) in [4.78, 5) is 18.3. The highest BCUT2D eigenvalue weighted by Gasteiger charge is 2.19. The number of carbonyl (C=O) groups excluding carboxylic acids is 2. The predicted molar refractivity (Wildman–Crippen MR) is 43.2 cm³/mol. The van der Waals surface area contributed by atoms with Gasteiger partial charge in [-0.05, 0) is 20.0 Å². The first-order chi connectivity index (χ1) is 6.43. The monoisotopic (exact) mass is 204 g/mol. The van der Waals surface area contributed by atoms with Gasteiger partial charge in [0.25, 0.3) is 0 Å². The molecule has 1 rings (SSSR count). The minimum atomic E-state index is -2.33. The maximum absolute atomic E-state index is 10.0. The van der Waals surface area contributed by atoms with Crippen molar-refractivity contribution in [3.8, 4) is 0 Å². The van der Waals surface area contributed by atoms with Gasteiger partial charge >= 0.3 is 6.16 Å². The topological polar surface area (TPSA) is 98.7 Å². The van der Waals surface area contributed by atoms with Crippen LogP contribution in [0.25, 0.3) is 0 Å². The molecule has 0 aromatic rings. The van der Waals surface area contributed by atoms with E-state index in [2.05, 4.69) is 16.1 Å². The third-order valence-electron chi connectivity index (χ3n) is 0.733. The van der Waals surface area contributed by atoms with Gasteiger partial charge < -0.3 is 24.5 Å². The second-order valence-corrected chi connectivity index (χ2v) is 2.15. The molecule has 1 aliphatic rings. The maximum Gasteiger partial charge on any atom is 0.508 e. The summed E-state index contributed by atoms with van der Waals surface area (Å²) in [6.07, 6.45) is -1.18. The highest BCUT2D eigenvalue weighted by Crippen LogP contribution is 2.02. The van der Waals surface area contributed by atoms with E-state index < -0.39 is 12.3 Å². The Morgan fingerprint density at radius 1 is 1.64 bits per heavy atom. The van der Waals surface area contributed by atoms with E-state index in [1.165, 1.54) is 0 Å². The fourth-order valence-corrected chi connectivity index (χ4v) is 0.418. The molecule has 6 nitrogen and oxygen atoms in total. The van der Waals surface area contributed by atoms with Crippen LogP contribution >= 0.6 is 0 Å². The lowest BCUT2D eigenvalue weighted by Crippen LogP contribution is -2.37. The number of rotatable bonds is 0. The number of allylic oxidation sites excluding steroid dienone is 1. The van der Waals surface area contributed by atoms with E-state index in [-0.39, 0.29) is 6.10 Å². The molecule has 1 fully saturated rings. The van der Waals surface area contributed by atoms with E-state index in [9.17, 15) is 4.79 Å². The molecule has 1 unspecified atom stereocenters. The van der Waals surface area contributed by atoms with E-state index >= 15 is 0 Å². The number of carboxylic acid groups (broad SMARTS) is 2. The summed E-state index contributed by atoms with van der Waals surface area (Å²) in [7, 11) is 0. The van der Waals surface area contributed by atoms with Crippen molar-refractivity contribution in [1.29, 1.82) is 0 Å². The summed E-state index contributed by atoms with van der Waals surface area (Å²) < 4.78 is 8.90. The third kappa shape index (κ3) is 16.7. The van der Waals surface area contributed by atoms with E-state index in [1.807, 2.05) is 6.92 Å². The molecule has 0 bridgehead atoms. The summed E-state index contributed by atoms with van der Waals surface area (Å²) in [6, 6.07) is 0. The quantitative estimate of drug-likeness (QED) is 0.381. The lowest BCUT2D eigenvalue weighted by Gasteiger charge is -1.96. The van der Waals surface area contributed by atoms with Crippen LogP contribution in [0.1, 0.15) is 13.8 Å². The molecule has 0 spiro atoms. The molecule has 14 heavy (non-hydrogen) atoms. The van der Waals surface area contributed by atoms with Crippen molar-refractivity contribution in [2.24, 2.45) is 0 Å². The summed E-state index contributed by atoms with van der Waals surface area (Å²) in [6.45, 7) is 7.43. The fourth-order valence-electron chi connectivity index (χ4n) is 0.418. The van der Waals surface area contributed by atoms with E-state index in [1.54, 1.807) is 13.0 Å². The normalized spacial score (nSPS) is 17.3. The van der Waals surface area contributed by atoms with Gasteiger partial charge in [-0.1, -0.05) is 6.08 Å². The number of hydrogen-bond acceptors (Lipinski definition) is 6. The third-order valence-corrected chi connectivity index (χ3v) is 0.733. The molecule has 0 N–H and O–H groups in total. The van der Waals surface area contributed by atoms with Crippen molar-refractivity contribution < 1.29 is 29.3 Å². The molecule has 0 amide bonds. The predicted octanol–water partition coefficient (Wildman–Crippen LogP) is -0.713. The Morgan fingerprint density at radius 3 is 2.07 bits per heavy atom. The minimum absolute atomic E-state index is 0.0486. The highest BCUT2D eigenvalue weighted by atomic mass is 16.8. The van der Waals surface area contributed by atoms with Gasteiger partial charge in [0.1, 0.15) is 12.7 Å². The van der Waals surface area contributed by atoms with E-state index in [0.29, 0.717) is 6.61 Å². The zero-order valence-electron chi connectivity index (χ0n) is 8.02. The first-order valence-electron chi connectivity index (χ1n) is 3.72. The lowest BCUT2D eigenvalue weighted by molar-refractivity contribution is -0.415. The molecule has 0 radical (unpaired) electrons. The van der Waals surface area contributed by atoms with Gasteiger partial charge in [-0.3, -0.25) is 0 Å². The average molecular weight is 204 g/mol. The molecule has 6 heteroatoms. The zero-order chi connectivity index (χ0) is 11.6. The highest BCUT2D eigenvalue weighted by molar-refractivity contribution is 5.61. The number of cyclic esters (lactones) is 2. The average Bonchev–Trinajstić information content (AvgIpc) is 2.34. The summed E-state index contributed by atoms with van der Waals surface area (Å²) >= 11 is 0. The fraction of sp³-hybridized carbons (Fsp3) is 0.500. The van der Waals surface area contributed by atoms with Crippen LogP contribution in [0.4, 0.5) is 9.59 Å². The van der Waals surface area contributed by atoms with Gasteiger partial charge in [0, 0.05) is 0 Å². The van der Waals surface area contributed by atoms with Crippen molar-refractivity contribution in [2.45, 2.75) is 20.0 Å². The second kappa shape index (κ2) is 9.37. The SMILES string of the molecule is C=CC.CC1COC(=O)O1.O=C([O-])[O-]. The molecular weight excluding hydrogens is 192 g/mol. The standard InChI is InChI=1S/C4H6O3.C3H6.CH2O3/c1-3-2-6-4(5)7-3;1-3-2;2-1(3)4/h3H,2H2,1H3;3H,1H2,2H3;(H2,2,3,4)/p-2. The maximum atomic E-state index is 10.0. The van der Waals surface area contributed by atoms with Gasteiger partial charge in [0.05, 0.1) is 0 Å². The van der Waals surface area contributed by atoms with Gasteiger partial charge in [0.15, 0.2) is 0 Å². The van der Waals surface area contributed by atoms with Crippen LogP contribution in [0.15, 0.2) is 12.7 Å². The molecule has 0 aromatic carbocycles. The first kappa shape index (κ1) is 14.8. The molecule has 1 aliphatic heterocycles. The molecule has 82 valence electrons. The Bertz CT molecular complexity index is 184. The Morgan fingerprint density at radius 2 is 2.00 bits per heavy atom. The molecule has 1 atom stereocenters. The summed E-state index contributed by atoms with van der Waals surface area (Å²) in [5.74, 6) is 0.